The Bertz CT molecular complexity index is 1140. The average molecular weight is 457 g/mol. The first-order valence-corrected chi connectivity index (χ1v) is 10.5. The van der Waals surface area contributed by atoms with Gasteiger partial charge in [-0.1, -0.05) is 35.5 Å². The van der Waals surface area contributed by atoms with Crippen LogP contribution in [0.2, 0.25) is 0 Å². The predicted octanol–water partition coefficient (Wildman–Crippen LogP) is 3.24. The molecular formula is C23H22F3N5O2. The zero-order valence-electron chi connectivity index (χ0n) is 17.6. The van der Waals surface area contributed by atoms with Crippen molar-refractivity contribution in [2.24, 2.45) is 0 Å². The molecule has 0 atom stereocenters. The monoisotopic (exact) mass is 457 g/mol. The van der Waals surface area contributed by atoms with Gasteiger partial charge in [0, 0.05) is 11.6 Å². The van der Waals surface area contributed by atoms with E-state index < -0.39 is 18.6 Å². The molecule has 3 aromatic rings. The molecule has 7 nitrogen and oxygen atoms in total. The Morgan fingerprint density at radius 3 is 2.48 bits per heavy atom. The molecule has 1 fully saturated rings. The van der Waals surface area contributed by atoms with Crippen LogP contribution in [0, 0.1) is 0 Å². The standard InChI is InChI=1S/C23H22F3N5O2/c24-23(25,26)14-27-21(32)17-8-11-20(16(12-17)7-6-15-4-2-1-3-5-15)31-13-19(29-30-31)22(33)28-18-9-10-18/h1-5,8,11-13,18H,6-7,9-10,14H2,(H,27,32)(H,28,33). The molecule has 1 aromatic heterocycles. The van der Waals surface area contributed by atoms with Gasteiger partial charge in [0.25, 0.3) is 11.8 Å². The first kappa shape index (κ1) is 22.5. The van der Waals surface area contributed by atoms with Gasteiger partial charge in [-0.15, -0.1) is 5.10 Å². The molecule has 0 bridgehead atoms. The summed E-state index contributed by atoms with van der Waals surface area (Å²) in [5.41, 5.74) is 2.63. The van der Waals surface area contributed by atoms with Crippen LogP contribution in [0.4, 0.5) is 13.2 Å². The number of amides is 2. The quantitative estimate of drug-likeness (QED) is 0.544. The summed E-state index contributed by atoms with van der Waals surface area (Å²) in [5.74, 6) is -1.12. The summed E-state index contributed by atoms with van der Waals surface area (Å²) in [7, 11) is 0. The number of aromatic nitrogens is 3. The van der Waals surface area contributed by atoms with Crippen LogP contribution >= 0.6 is 0 Å². The third kappa shape index (κ3) is 6.18. The highest BCUT2D eigenvalue weighted by atomic mass is 19.4. The maximum Gasteiger partial charge on any atom is 0.405 e. The Morgan fingerprint density at radius 1 is 1.03 bits per heavy atom. The van der Waals surface area contributed by atoms with Gasteiger partial charge < -0.3 is 10.6 Å². The largest absolute Gasteiger partial charge is 0.405 e. The summed E-state index contributed by atoms with van der Waals surface area (Å²) >= 11 is 0. The predicted molar refractivity (Wildman–Crippen MR) is 114 cm³/mol. The molecule has 1 aliphatic carbocycles. The van der Waals surface area contributed by atoms with Crippen LogP contribution in [-0.4, -0.2) is 45.6 Å². The van der Waals surface area contributed by atoms with Crippen molar-refractivity contribution >= 4 is 11.8 Å². The van der Waals surface area contributed by atoms with E-state index in [2.05, 4.69) is 15.6 Å². The van der Waals surface area contributed by atoms with E-state index >= 15 is 0 Å². The van der Waals surface area contributed by atoms with Crippen molar-refractivity contribution in [2.75, 3.05) is 6.54 Å². The molecule has 1 saturated carbocycles. The number of benzene rings is 2. The van der Waals surface area contributed by atoms with E-state index in [0.29, 0.717) is 24.1 Å². The van der Waals surface area contributed by atoms with E-state index in [0.717, 1.165) is 18.4 Å². The summed E-state index contributed by atoms with van der Waals surface area (Å²) in [4.78, 5) is 24.5. The lowest BCUT2D eigenvalue weighted by atomic mass is 10.0. The number of aryl methyl sites for hydroxylation is 2. The normalized spacial score (nSPS) is 13.5. The molecule has 172 valence electrons. The molecule has 33 heavy (non-hydrogen) atoms. The van der Waals surface area contributed by atoms with Gasteiger partial charge in [0.15, 0.2) is 5.69 Å². The molecule has 1 heterocycles. The van der Waals surface area contributed by atoms with Gasteiger partial charge in [-0.25, -0.2) is 4.68 Å². The topological polar surface area (TPSA) is 88.9 Å². The number of carbonyl (C=O) groups is 2. The maximum absolute atomic E-state index is 12.5. The first-order valence-electron chi connectivity index (χ1n) is 10.5. The summed E-state index contributed by atoms with van der Waals surface area (Å²) in [6.07, 6.45) is 0.0451. The maximum atomic E-state index is 12.5. The second-order valence-corrected chi connectivity index (χ2v) is 7.92. The molecule has 0 radical (unpaired) electrons. The van der Waals surface area contributed by atoms with Crippen LogP contribution in [0.3, 0.4) is 0 Å². The van der Waals surface area contributed by atoms with E-state index in [1.54, 1.807) is 12.1 Å². The highest BCUT2D eigenvalue weighted by Crippen LogP contribution is 2.21. The number of nitrogens with zero attached hydrogens (tertiary/aromatic N) is 3. The van der Waals surface area contributed by atoms with Crippen LogP contribution in [0.1, 0.15) is 44.8 Å². The second-order valence-electron chi connectivity index (χ2n) is 7.92. The summed E-state index contributed by atoms with van der Waals surface area (Å²) in [5, 5.41) is 12.7. The van der Waals surface area contributed by atoms with Gasteiger partial charge in [0.2, 0.25) is 0 Å². The zero-order chi connectivity index (χ0) is 23.4. The Labute approximate surface area is 188 Å². The fraction of sp³-hybridized carbons (Fsp3) is 0.304. The van der Waals surface area contributed by atoms with Crippen molar-refractivity contribution in [3.05, 3.63) is 77.1 Å². The number of nitrogens with one attached hydrogen (secondary N) is 2. The van der Waals surface area contributed by atoms with Crippen molar-refractivity contribution in [2.45, 2.75) is 37.9 Å². The minimum Gasteiger partial charge on any atom is -0.348 e. The lowest BCUT2D eigenvalue weighted by Gasteiger charge is -2.13. The molecule has 2 N–H and O–H groups in total. The fourth-order valence-electron chi connectivity index (χ4n) is 3.33. The molecule has 0 saturated heterocycles. The number of halogens is 3. The Balaban J connectivity index is 1.58. The molecule has 1 aliphatic rings. The van der Waals surface area contributed by atoms with Crippen LogP contribution in [0.5, 0.6) is 0 Å². The molecule has 0 aliphatic heterocycles. The van der Waals surface area contributed by atoms with Crippen molar-refractivity contribution in [3.63, 3.8) is 0 Å². The SMILES string of the molecule is O=C(NCC(F)(F)F)c1ccc(-n2cc(C(=O)NC3CC3)nn2)c(CCc2ccccc2)c1. The minimum atomic E-state index is -4.50. The number of rotatable bonds is 8. The van der Waals surface area contributed by atoms with Gasteiger partial charge in [0.05, 0.1) is 11.9 Å². The first-order chi connectivity index (χ1) is 15.8. The van der Waals surface area contributed by atoms with Crippen molar-refractivity contribution in [3.8, 4) is 5.69 Å². The van der Waals surface area contributed by atoms with Gasteiger partial charge in [0.1, 0.15) is 6.54 Å². The van der Waals surface area contributed by atoms with E-state index in [9.17, 15) is 22.8 Å². The zero-order valence-corrected chi connectivity index (χ0v) is 17.6. The van der Waals surface area contributed by atoms with E-state index in [1.165, 1.54) is 16.9 Å². The molecular weight excluding hydrogens is 435 g/mol. The highest BCUT2D eigenvalue weighted by Gasteiger charge is 2.28. The van der Waals surface area contributed by atoms with E-state index in [4.69, 9.17) is 0 Å². The van der Waals surface area contributed by atoms with Gasteiger partial charge in [-0.05, 0) is 55.0 Å². The number of hydrogen-bond donors (Lipinski definition) is 2. The lowest BCUT2D eigenvalue weighted by molar-refractivity contribution is -0.123. The Hall–Kier alpha value is -3.69. The summed E-state index contributed by atoms with van der Waals surface area (Å²) < 4.78 is 38.9. The van der Waals surface area contributed by atoms with Gasteiger partial charge >= 0.3 is 6.18 Å². The van der Waals surface area contributed by atoms with Crippen LogP contribution in [0.15, 0.2) is 54.7 Å². The Kier molecular flexibility index (Phi) is 6.43. The van der Waals surface area contributed by atoms with E-state index in [1.807, 2.05) is 35.6 Å². The molecule has 2 aromatic carbocycles. The lowest BCUT2D eigenvalue weighted by Crippen LogP contribution is -2.33. The van der Waals surface area contributed by atoms with Crippen LogP contribution in [-0.2, 0) is 12.8 Å². The van der Waals surface area contributed by atoms with Gasteiger partial charge in [-0.3, -0.25) is 9.59 Å². The summed E-state index contributed by atoms with van der Waals surface area (Å²) in [6, 6.07) is 14.4. The van der Waals surface area contributed by atoms with Crippen molar-refractivity contribution < 1.29 is 22.8 Å². The van der Waals surface area contributed by atoms with Crippen molar-refractivity contribution in [1.29, 1.82) is 0 Å². The molecule has 10 heteroatoms. The minimum absolute atomic E-state index is 0.109. The second kappa shape index (κ2) is 9.43. The van der Waals surface area contributed by atoms with E-state index in [-0.39, 0.29) is 23.2 Å². The number of alkyl halides is 3. The van der Waals surface area contributed by atoms with Crippen molar-refractivity contribution in [1.82, 2.24) is 25.6 Å². The Morgan fingerprint density at radius 2 is 1.79 bits per heavy atom. The fourth-order valence-corrected chi connectivity index (χ4v) is 3.33. The third-order valence-electron chi connectivity index (χ3n) is 5.20. The summed E-state index contributed by atoms with van der Waals surface area (Å²) in [6.45, 7) is -1.41. The third-order valence-corrected chi connectivity index (χ3v) is 5.20. The highest BCUT2D eigenvalue weighted by molar-refractivity contribution is 5.95. The number of carbonyl (C=O) groups excluding carboxylic acids is 2. The smallest absolute Gasteiger partial charge is 0.348 e. The molecule has 0 unspecified atom stereocenters. The molecule has 4 rings (SSSR count). The average Bonchev–Trinajstić information content (AvgIpc) is 3.47. The molecule has 0 spiro atoms. The molecule has 2 amide bonds. The van der Waals surface area contributed by atoms with Gasteiger partial charge in [-0.2, -0.15) is 13.2 Å². The van der Waals surface area contributed by atoms with Crippen LogP contribution in [0.25, 0.3) is 5.69 Å². The number of hydrogen-bond acceptors (Lipinski definition) is 4. The van der Waals surface area contributed by atoms with Crippen LogP contribution < -0.4 is 10.6 Å².